The highest BCUT2D eigenvalue weighted by Crippen LogP contribution is 2.71. The molecule has 0 saturated heterocycles. The normalized spacial score (nSPS) is 46.1. The minimum atomic E-state index is -0.218. The summed E-state index contributed by atoms with van der Waals surface area (Å²) < 4.78 is 0. The van der Waals surface area contributed by atoms with Gasteiger partial charge >= 0.3 is 0 Å². The van der Waals surface area contributed by atoms with Gasteiger partial charge in [-0.2, -0.15) is 17.7 Å². The zero-order valence-electron chi connectivity index (χ0n) is 22.2. The number of carbonyl (C=O) groups excluding carboxylic acids is 1. The van der Waals surface area contributed by atoms with Crippen molar-refractivity contribution in [3.8, 4) is 0 Å². The molecule has 192 valence electrons. The lowest BCUT2D eigenvalue weighted by Gasteiger charge is -2.64. The van der Waals surface area contributed by atoms with Crippen molar-refractivity contribution in [2.75, 3.05) is 5.75 Å². The third-order valence-corrected chi connectivity index (χ3v) is 12.4. The van der Waals surface area contributed by atoms with Gasteiger partial charge in [0, 0.05) is 23.4 Å². The van der Waals surface area contributed by atoms with Crippen LogP contribution in [0.2, 0.25) is 0 Å². The third-order valence-electron chi connectivity index (χ3n) is 11.8. The second-order valence-corrected chi connectivity index (χ2v) is 14.6. The van der Waals surface area contributed by atoms with Crippen molar-refractivity contribution < 1.29 is 4.79 Å². The molecule has 3 nitrogen and oxygen atoms in total. The van der Waals surface area contributed by atoms with E-state index < -0.39 is 0 Å². The summed E-state index contributed by atoms with van der Waals surface area (Å²) in [4.78, 5) is 13.1. The highest BCUT2D eigenvalue weighted by atomic mass is 35.5. The molecule has 0 aromatic heterocycles. The SMILES string of the molecule is CC(C)CCC[C@@H](C)[C@H]1CC[C@H]2[C@@H]3C4=NN(C(=O)CS)[C@]5(C4)C[C@@H](Cl)CC[C@]5(C)[C@H]3CC[C@]12C. The molecule has 9 atom stereocenters. The number of hydrogen-bond donors (Lipinski definition) is 1. The number of hydrogen-bond acceptors (Lipinski definition) is 3. The number of amides is 1. The molecule has 34 heavy (non-hydrogen) atoms. The fraction of sp³-hybridized carbons (Fsp3) is 0.931. The molecule has 4 fully saturated rings. The number of halogens is 1. The molecule has 2 bridgehead atoms. The van der Waals surface area contributed by atoms with Gasteiger partial charge in [-0.25, -0.2) is 5.01 Å². The Morgan fingerprint density at radius 2 is 1.88 bits per heavy atom. The van der Waals surface area contributed by atoms with Crippen molar-refractivity contribution in [2.45, 2.75) is 116 Å². The molecule has 5 heteroatoms. The first-order valence-electron chi connectivity index (χ1n) is 14.2. The predicted molar refractivity (Wildman–Crippen MR) is 145 cm³/mol. The molecule has 0 aromatic rings. The standard InChI is InChI=1S/C29H47ClN2OS/c1-18(2)7-6-8-19(3)21-9-10-22-26-23(12-13-27(21,22)4)28(5)14-11-20(30)15-29(28)16-24(26)31-32(29)25(33)17-34/h18-23,26,34H,6-17H2,1-5H3/t19-,20+,21-,22+,23+,26+,27-,28-,29+/m1/s1. The number of alkyl halides is 1. The summed E-state index contributed by atoms with van der Waals surface area (Å²) in [5, 5.41) is 7.24. The highest BCUT2D eigenvalue weighted by Gasteiger charge is 2.71. The van der Waals surface area contributed by atoms with E-state index in [4.69, 9.17) is 16.7 Å². The Kier molecular flexibility index (Phi) is 6.70. The van der Waals surface area contributed by atoms with Crippen LogP contribution in [0.4, 0.5) is 0 Å². The lowest BCUT2D eigenvalue weighted by Crippen LogP contribution is -2.67. The van der Waals surface area contributed by atoms with Crippen molar-refractivity contribution in [3.05, 3.63) is 0 Å². The van der Waals surface area contributed by atoms with Crippen LogP contribution >= 0.6 is 24.2 Å². The van der Waals surface area contributed by atoms with Gasteiger partial charge in [-0.1, -0.05) is 53.9 Å². The van der Waals surface area contributed by atoms with E-state index in [9.17, 15) is 4.79 Å². The Morgan fingerprint density at radius 1 is 1.12 bits per heavy atom. The summed E-state index contributed by atoms with van der Waals surface area (Å²) in [7, 11) is 0. The first kappa shape index (κ1) is 25.4. The van der Waals surface area contributed by atoms with Crippen LogP contribution in [0.25, 0.3) is 0 Å². The summed E-state index contributed by atoms with van der Waals surface area (Å²) >= 11 is 11.2. The fourth-order valence-corrected chi connectivity index (χ4v) is 10.5. The maximum atomic E-state index is 13.1. The van der Waals surface area contributed by atoms with Crippen LogP contribution in [0.15, 0.2) is 5.10 Å². The molecule has 5 rings (SSSR count). The minimum absolute atomic E-state index is 0.0693. The van der Waals surface area contributed by atoms with E-state index in [0.717, 1.165) is 49.4 Å². The summed E-state index contributed by atoms with van der Waals surface area (Å²) in [6.07, 6.45) is 13.5. The average molecular weight is 507 g/mol. The molecule has 4 saturated carbocycles. The van der Waals surface area contributed by atoms with Gasteiger partial charge < -0.3 is 0 Å². The molecule has 0 aromatic carbocycles. The Hall–Kier alpha value is -0.220. The predicted octanol–water partition coefficient (Wildman–Crippen LogP) is 7.58. The molecule has 5 aliphatic rings. The molecular formula is C29H47ClN2OS. The first-order chi connectivity index (χ1) is 16.1. The second-order valence-electron chi connectivity index (χ2n) is 13.7. The maximum Gasteiger partial charge on any atom is 0.252 e. The van der Waals surface area contributed by atoms with Crippen molar-refractivity contribution in [1.82, 2.24) is 5.01 Å². The van der Waals surface area contributed by atoms with Gasteiger partial charge in [0.2, 0.25) is 0 Å². The lowest BCUT2D eigenvalue weighted by atomic mass is 9.42. The van der Waals surface area contributed by atoms with Gasteiger partial charge in [-0.3, -0.25) is 4.79 Å². The van der Waals surface area contributed by atoms with Gasteiger partial charge in [0.15, 0.2) is 0 Å². The Bertz CT molecular complexity index is 846. The number of thiol groups is 1. The van der Waals surface area contributed by atoms with Gasteiger partial charge in [-0.15, -0.1) is 11.6 Å². The zero-order chi connectivity index (χ0) is 24.5. The Morgan fingerprint density at radius 3 is 2.59 bits per heavy atom. The smallest absolute Gasteiger partial charge is 0.252 e. The van der Waals surface area contributed by atoms with Crippen LogP contribution in [0.5, 0.6) is 0 Å². The van der Waals surface area contributed by atoms with Crippen LogP contribution in [-0.2, 0) is 4.79 Å². The topological polar surface area (TPSA) is 32.7 Å². The Labute approximate surface area is 218 Å². The quantitative estimate of drug-likeness (QED) is 0.292. The molecule has 0 unspecified atom stereocenters. The van der Waals surface area contributed by atoms with Gasteiger partial charge in [0.1, 0.15) is 0 Å². The van der Waals surface area contributed by atoms with E-state index in [1.165, 1.54) is 50.7 Å². The van der Waals surface area contributed by atoms with E-state index >= 15 is 0 Å². The maximum absolute atomic E-state index is 13.1. The third kappa shape index (κ3) is 3.57. The second kappa shape index (κ2) is 8.96. The van der Waals surface area contributed by atoms with Crippen LogP contribution in [0.1, 0.15) is 105 Å². The van der Waals surface area contributed by atoms with E-state index in [2.05, 4.69) is 47.2 Å². The molecule has 0 radical (unpaired) electrons. The van der Waals surface area contributed by atoms with Gasteiger partial charge in [-0.05, 0) is 85.4 Å². The number of rotatable bonds is 6. The van der Waals surface area contributed by atoms with E-state index in [-0.39, 0.29) is 28.0 Å². The first-order valence-corrected chi connectivity index (χ1v) is 15.3. The summed E-state index contributed by atoms with van der Waals surface area (Å²) in [6, 6.07) is 0. The number of nitrogens with zero attached hydrogens (tertiary/aromatic N) is 2. The zero-order valence-corrected chi connectivity index (χ0v) is 23.8. The summed E-state index contributed by atoms with van der Waals surface area (Å²) in [6.45, 7) is 12.4. The van der Waals surface area contributed by atoms with Crippen LogP contribution in [-0.4, -0.2) is 33.3 Å². The largest absolute Gasteiger partial charge is 0.272 e. The number of hydrazone groups is 1. The van der Waals surface area contributed by atoms with Gasteiger partial charge in [0.25, 0.3) is 5.91 Å². The van der Waals surface area contributed by atoms with Crippen molar-refractivity contribution in [3.63, 3.8) is 0 Å². The van der Waals surface area contributed by atoms with Crippen LogP contribution < -0.4 is 0 Å². The minimum Gasteiger partial charge on any atom is -0.272 e. The van der Waals surface area contributed by atoms with E-state index in [1.807, 2.05) is 5.01 Å². The van der Waals surface area contributed by atoms with Crippen LogP contribution in [0, 0.1) is 46.3 Å². The molecule has 4 aliphatic carbocycles. The van der Waals surface area contributed by atoms with Crippen molar-refractivity contribution >= 4 is 35.8 Å². The van der Waals surface area contributed by atoms with Crippen molar-refractivity contribution in [1.29, 1.82) is 0 Å². The molecule has 1 heterocycles. The van der Waals surface area contributed by atoms with Gasteiger partial charge in [0.05, 0.1) is 11.3 Å². The molecular weight excluding hydrogens is 460 g/mol. The van der Waals surface area contributed by atoms with E-state index in [1.54, 1.807) is 0 Å². The van der Waals surface area contributed by atoms with Crippen molar-refractivity contribution in [2.24, 2.45) is 51.4 Å². The Balaban J connectivity index is 1.46. The molecule has 1 amide bonds. The van der Waals surface area contributed by atoms with E-state index in [0.29, 0.717) is 17.3 Å². The molecule has 1 aliphatic heterocycles. The molecule has 1 spiro atoms. The summed E-state index contributed by atoms with van der Waals surface area (Å²) in [5.41, 5.74) is 1.65. The van der Waals surface area contributed by atoms with Crippen LogP contribution in [0.3, 0.4) is 0 Å². The monoisotopic (exact) mass is 506 g/mol. The summed E-state index contributed by atoms with van der Waals surface area (Å²) in [5.74, 6) is 4.66. The highest BCUT2D eigenvalue weighted by molar-refractivity contribution is 7.81. The number of fused-ring (bicyclic) bond motifs is 6. The number of carbonyl (C=O) groups is 1. The lowest BCUT2D eigenvalue weighted by molar-refractivity contribution is -0.155. The molecule has 0 N–H and O–H groups in total. The average Bonchev–Trinajstić information content (AvgIpc) is 3.31. The fourth-order valence-electron chi connectivity index (χ4n) is 10.0.